The fourth-order valence-electron chi connectivity index (χ4n) is 2.32. The second-order valence-corrected chi connectivity index (χ2v) is 4.85. The molecular weight excluding hydrogens is 155 g/mol. The van der Waals surface area contributed by atoms with E-state index in [-0.39, 0.29) is 11.6 Å². The first-order valence-corrected chi connectivity index (χ1v) is 5.27. The van der Waals surface area contributed by atoms with Crippen LogP contribution in [0.2, 0.25) is 0 Å². The molecular formula is C8H13BOS. The van der Waals surface area contributed by atoms with E-state index in [1.165, 1.54) is 6.42 Å². The van der Waals surface area contributed by atoms with Gasteiger partial charge in [-0.25, -0.2) is 0 Å². The standard InChI is InChI=1S/C8H13BOS/c1-3-5-6-7(9)10-8(5,2)4-11-6/h5-7H,3-4H2,1-2H3/t5-,6+,7-,8+/m1/s1. The number of hydrogen-bond acceptors (Lipinski definition) is 2. The van der Waals surface area contributed by atoms with Gasteiger partial charge >= 0.3 is 0 Å². The molecule has 11 heavy (non-hydrogen) atoms. The third kappa shape index (κ3) is 0.971. The van der Waals surface area contributed by atoms with Gasteiger partial charge in [-0.1, -0.05) is 6.92 Å². The molecule has 2 fully saturated rings. The largest absolute Gasteiger partial charge is 0.380 e. The molecule has 0 amide bonds. The van der Waals surface area contributed by atoms with Crippen molar-refractivity contribution >= 4 is 19.6 Å². The van der Waals surface area contributed by atoms with Gasteiger partial charge in [0.1, 0.15) is 7.85 Å². The molecule has 2 heterocycles. The van der Waals surface area contributed by atoms with Crippen LogP contribution in [0.15, 0.2) is 0 Å². The molecule has 0 aromatic heterocycles. The van der Waals surface area contributed by atoms with Crippen LogP contribution in [0.3, 0.4) is 0 Å². The molecule has 60 valence electrons. The molecule has 0 aromatic carbocycles. The summed E-state index contributed by atoms with van der Waals surface area (Å²) >= 11 is 1.98. The number of thioether (sulfide) groups is 1. The highest BCUT2D eigenvalue weighted by molar-refractivity contribution is 8.00. The van der Waals surface area contributed by atoms with Crippen molar-refractivity contribution in [1.29, 1.82) is 0 Å². The summed E-state index contributed by atoms with van der Waals surface area (Å²) in [6.45, 7) is 4.42. The average Bonchev–Trinajstić information content (AvgIpc) is 2.36. The van der Waals surface area contributed by atoms with E-state index in [0.717, 1.165) is 5.75 Å². The van der Waals surface area contributed by atoms with E-state index in [9.17, 15) is 0 Å². The average molecular weight is 168 g/mol. The molecule has 1 nitrogen and oxygen atoms in total. The first-order valence-electron chi connectivity index (χ1n) is 4.22. The van der Waals surface area contributed by atoms with Gasteiger partial charge in [-0.15, -0.1) is 0 Å². The van der Waals surface area contributed by atoms with Crippen molar-refractivity contribution < 1.29 is 4.74 Å². The van der Waals surface area contributed by atoms with Crippen LogP contribution >= 0.6 is 11.8 Å². The minimum atomic E-state index is -0.0105. The molecule has 0 spiro atoms. The minimum absolute atomic E-state index is 0.0105. The molecule has 0 aromatic rings. The second-order valence-electron chi connectivity index (χ2n) is 3.69. The Morgan fingerprint density at radius 3 is 2.73 bits per heavy atom. The van der Waals surface area contributed by atoms with Crippen LogP contribution in [0, 0.1) is 5.92 Å². The van der Waals surface area contributed by atoms with Crippen molar-refractivity contribution in [1.82, 2.24) is 0 Å². The van der Waals surface area contributed by atoms with Crippen molar-refractivity contribution in [2.75, 3.05) is 5.75 Å². The number of ether oxygens (including phenoxy) is 1. The maximum atomic E-state index is 5.83. The van der Waals surface area contributed by atoms with Gasteiger partial charge in [0.25, 0.3) is 0 Å². The molecule has 0 N–H and O–H groups in total. The summed E-state index contributed by atoms with van der Waals surface area (Å²) in [5.41, 5.74) is 0.0868. The lowest BCUT2D eigenvalue weighted by Crippen LogP contribution is -2.32. The Morgan fingerprint density at radius 2 is 2.45 bits per heavy atom. The molecule has 0 unspecified atom stereocenters. The summed E-state index contributed by atoms with van der Waals surface area (Å²) in [4.78, 5) is 0. The van der Waals surface area contributed by atoms with Gasteiger partial charge in [-0.3, -0.25) is 0 Å². The van der Waals surface area contributed by atoms with Crippen molar-refractivity contribution in [3.05, 3.63) is 0 Å². The molecule has 2 radical (unpaired) electrons. The van der Waals surface area contributed by atoms with E-state index in [0.29, 0.717) is 11.2 Å². The molecule has 0 aliphatic carbocycles. The molecule has 3 heteroatoms. The Kier molecular flexibility index (Phi) is 1.77. The van der Waals surface area contributed by atoms with Crippen LogP contribution in [0.4, 0.5) is 0 Å². The Hall–Kier alpha value is 0.375. The van der Waals surface area contributed by atoms with E-state index in [1.807, 2.05) is 11.8 Å². The Labute approximate surface area is 73.7 Å². The molecule has 2 aliphatic rings. The van der Waals surface area contributed by atoms with Crippen molar-refractivity contribution in [3.8, 4) is 0 Å². The van der Waals surface area contributed by atoms with Crippen LogP contribution in [-0.4, -0.2) is 30.5 Å². The van der Waals surface area contributed by atoms with Crippen molar-refractivity contribution in [2.24, 2.45) is 5.92 Å². The van der Waals surface area contributed by atoms with Gasteiger partial charge in [0.2, 0.25) is 0 Å². The number of rotatable bonds is 1. The molecule has 4 atom stereocenters. The number of fused-ring (bicyclic) bond motifs is 2. The van der Waals surface area contributed by atoms with Gasteiger partial charge in [0, 0.05) is 22.9 Å². The zero-order chi connectivity index (χ0) is 8.06. The summed E-state index contributed by atoms with van der Waals surface area (Å²) in [5.74, 6) is 1.81. The smallest absolute Gasteiger partial charge is 0.110 e. The van der Waals surface area contributed by atoms with E-state index in [2.05, 4.69) is 13.8 Å². The Bertz CT molecular complexity index is 175. The highest BCUT2D eigenvalue weighted by atomic mass is 32.2. The summed E-state index contributed by atoms with van der Waals surface area (Å²) in [5, 5.41) is 0.560. The third-order valence-corrected chi connectivity index (χ3v) is 4.63. The van der Waals surface area contributed by atoms with Gasteiger partial charge in [-0.2, -0.15) is 11.8 Å². The van der Waals surface area contributed by atoms with Crippen LogP contribution in [0.25, 0.3) is 0 Å². The molecule has 2 bridgehead atoms. The first-order chi connectivity index (χ1) is 5.17. The molecule has 0 saturated carbocycles. The molecule has 2 saturated heterocycles. The third-order valence-electron chi connectivity index (χ3n) is 2.91. The highest BCUT2D eigenvalue weighted by Crippen LogP contribution is 2.51. The minimum Gasteiger partial charge on any atom is -0.380 e. The van der Waals surface area contributed by atoms with Gasteiger partial charge in [-0.05, 0) is 13.3 Å². The maximum absolute atomic E-state index is 5.83. The van der Waals surface area contributed by atoms with Crippen molar-refractivity contribution in [2.45, 2.75) is 37.1 Å². The second kappa shape index (κ2) is 2.43. The summed E-state index contributed by atoms with van der Waals surface area (Å²) < 4.78 is 5.71. The van der Waals surface area contributed by atoms with Gasteiger partial charge in [0.15, 0.2) is 0 Å². The van der Waals surface area contributed by atoms with E-state index in [4.69, 9.17) is 12.6 Å². The zero-order valence-electron chi connectivity index (χ0n) is 7.04. The first kappa shape index (κ1) is 8.00. The normalized spacial score (nSPS) is 55.3. The fourth-order valence-corrected chi connectivity index (χ4v) is 4.08. The number of hydrogen-bond donors (Lipinski definition) is 0. The van der Waals surface area contributed by atoms with E-state index >= 15 is 0 Å². The van der Waals surface area contributed by atoms with Crippen molar-refractivity contribution in [3.63, 3.8) is 0 Å². The fraction of sp³-hybridized carbons (Fsp3) is 1.00. The molecule has 2 aliphatic heterocycles. The lowest BCUT2D eigenvalue weighted by molar-refractivity contribution is -0.00103. The Balaban J connectivity index is 2.22. The van der Waals surface area contributed by atoms with E-state index in [1.54, 1.807) is 0 Å². The predicted molar refractivity (Wildman–Crippen MR) is 49.1 cm³/mol. The predicted octanol–water partition coefficient (Wildman–Crippen LogP) is 1.41. The van der Waals surface area contributed by atoms with Crippen LogP contribution in [0.1, 0.15) is 20.3 Å². The lowest BCUT2D eigenvalue weighted by Gasteiger charge is -2.26. The zero-order valence-corrected chi connectivity index (χ0v) is 7.86. The summed E-state index contributed by atoms with van der Waals surface area (Å²) in [7, 11) is 5.83. The maximum Gasteiger partial charge on any atom is 0.110 e. The van der Waals surface area contributed by atoms with Crippen LogP contribution in [0.5, 0.6) is 0 Å². The molecule has 2 rings (SSSR count). The quantitative estimate of drug-likeness (QED) is 0.547. The van der Waals surface area contributed by atoms with Gasteiger partial charge < -0.3 is 4.74 Å². The van der Waals surface area contributed by atoms with Crippen LogP contribution < -0.4 is 0 Å². The summed E-state index contributed by atoms with van der Waals surface area (Å²) in [6, 6.07) is -0.0105. The topological polar surface area (TPSA) is 9.23 Å². The van der Waals surface area contributed by atoms with Gasteiger partial charge in [0.05, 0.1) is 5.60 Å². The monoisotopic (exact) mass is 168 g/mol. The highest BCUT2D eigenvalue weighted by Gasteiger charge is 2.54. The lowest BCUT2D eigenvalue weighted by atomic mass is 9.84. The summed E-state index contributed by atoms with van der Waals surface area (Å²) in [6.07, 6.45) is 1.20. The van der Waals surface area contributed by atoms with Crippen LogP contribution in [-0.2, 0) is 4.74 Å². The SMILES string of the molecule is [B][C@@H]1O[C@@]2(C)CS[C@H]1[C@H]2CC. The Morgan fingerprint density at radius 1 is 1.73 bits per heavy atom. The van der Waals surface area contributed by atoms with E-state index < -0.39 is 0 Å².